The van der Waals surface area contributed by atoms with E-state index in [2.05, 4.69) is 13.5 Å². The summed E-state index contributed by atoms with van der Waals surface area (Å²) in [5.74, 6) is 2.00. The van der Waals surface area contributed by atoms with Crippen LogP contribution >= 0.6 is 0 Å². The molecule has 0 aromatic heterocycles. The molecule has 0 aromatic carbocycles. The van der Waals surface area contributed by atoms with E-state index < -0.39 is 0 Å². The topological polar surface area (TPSA) is 0 Å². The lowest BCUT2D eigenvalue weighted by Crippen LogP contribution is -1.70. The Balaban J connectivity index is 2.08. The molecule has 1 aliphatic carbocycles. The van der Waals surface area contributed by atoms with E-state index in [1.54, 1.807) is 0 Å². The van der Waals surface area contributed by atoms with E-state index in [4.69, 9.17) is 0 Å². The third kappa shape index (κ3) is 1.05. The van der Waals surface area contributed by atoms with Crippen LogP contribution in [0.15, 0.2) is 12.7 Å². The first kappa shape index (κ1) is 4.89. The van der Waals surface area contributed by atoms with Crippen LogP contribution in [0.4, 0.5) is 0 Å². The molecule has 1 aliphatic rings. The zero-order valence-corrected chi connectivity index (χ0v) is 4.85. The van der Waals surface area contributed by atoms with Gasteiger partial charge in [-0.3, -0.25) is 0 Å². The second-order valence-corrected chi connectivity index (χ2v) is 2.50. The average Bonchev–Trinajstić information content (AvgIpc) is 2.22. The molecule has 0 aromatic rings. The van der Waals surface area contributed by atoms with Gasteiger partial charge in [0, 0.05) is 0 Å². The van der Waals surface area contributed by atoms with Crippen molar-refractivity contribution < 1.29 is 0 Å². The lowest BCUT2D eigenvalue weighted by atomic mass is 10.2. The predicted molar refractivity (Wildman–Crippen MR) is 32.1 cm³/mol. The molecule has 0 heteroatoms. The minimum atomic E-state index is 0.998. The quantitative estimate of drug-likeness (QED) is 0.462. The molecule has 2 atom stereocenters. The SMILES string of the molecule is C=CC[C@H]1CC1C. The second-order valence-electron chi connectivity index (χ2n) is 2.50. The Morgan fingerprint density at radius 1 is 1.86 bits per heavy atom. The number of allylic oxidation sites excluding steroid dienone is 1. The van der Waals surface area contributed by atoms with E-state index in [-0.39, 0.29) is 0 Å². The Hall–Kier alpha value is -0.260. The molecule has 0 aliphatic heterocycles. The van der Waals surface area contributed by atoms with Gasteiger partial charge in [-0.05, 0) is 24.7 Å². The lowest BCUT2D eigenvalue weighted by molar-refractivity contribution is 0.767. The molecule has 0 bridgehead atoms. The van der Waals surface area contributed by atoms with Crippen molar-refractivity contribution >= 4 is 0 Å². The van der Waals surface area contributed by atoms with Gasteiger partial charge >= 0.3 is 0 Å². The van der Waals surface area contributed by atoms with Crippen LogP contribution in [0.1, 0.15) is 19.8 Å². The summed E-state index contributed by atoms with van der Waals surface area (Å²) in [5, 5.41) is 0. The van der Waals surface area contributed by atoms with E-state index in [0.717, 1.165) is 11.8 Å². The fraction of sp³-hybridized carbons (Fsp3) is 0.714. The monoisotopic (exact) mass is 96.1 g/mol. The van der Waals surface area contributed by atoms with Gasteiger partial charge in [-0.2, -0.15) is 0 Å². The minimum Gasteiger partial charge on any atom is -0.103 e. The van der Waals surface area contributed by atoms with Crippen LogP contribution in [-0.4, -0.2) is 0 Å². The van der Waals surface area contributed by atoms with Gasteiger partial charge in [0.1, 0.15) is 0 Å². The Kier molecular flexibility index (Phi) is 1.18. The van der Waals surface area contributed by atoms with Gasteiger partial charge in [-0.25, -0.2) is 0 Å². The maximum absolute atomic E-state index is 3.68. The van der Waals surface area contributed by atoms with Crippen molar-refractivity contribution in [1.29, 1.82) is 0 Å². The Labute approximate surface area is 45.2 Å². The van der Waals surface area contributed by atoms with Crippen LogP contribution in [0.5, 0.6) is 0 Å². The number of hydrogen-bond acceptors (Lipinski definition) is 0. The smallest absolute Gasteiger partial charge is 0.0322 e. The molecule has 7 heavy (non-hydrogen) atoms. The van der Waals surface area contributed by atoms with Crippen molar-refractivity contribution in [3.8, 4) is 0 Å². The molecule has 40 valence electrons. The van der Waals surface area contributed by atoms with Gasteiger partial charge in [0.2, 0.25) is 0 Å². The Morgan fingerprint density at radius 3 is 2.57 bits per heavy atom. The van der Waals surface area contributed by atoms with Crippen molar-refractivity contribution in [2.24, 2.45) is 11.8 Å². The van der Waals surface area contributed by atoms with Gasteiger partial charge in [-0.1, -0.05) is 13.0 Å². The first-order chi connectivity index (χ1) is 3.34. The summed E-state index contributed by atoms with van der Waals surface area (Å²) in [4.78, 5) is 0. The first-order valence-corrected chi connectivity index (χ1v) is 2.95. The molecule has 0 saturated heterocycles. The summed E-state index contributed by atoms with van der Waals surface area (Å²) >= 11 is 0. The summed E-state index contributed by atoms with van der Waals surface area (Å²) in [5.41, 5.74) is 0. The highest BCUT2D eigenvalue weighted by Gasteiger charge is 2.30. The molecular weight excluding hydrogens is 84.1 g/mol. The van der Waals surface area contributed by atoms with Gasteiger partial charge in [0.15, 0.2) is 0 Å². The molecule has 1 rings (SSSR count). The Morgan fingerprint density at radius 2 is 2.43 bits per heavy atom. The van der Waals surface area contributed by atoms with Gasteiger partial charge in [0.05, 0.1) is 0 Å². The lowest BCUT2D eigenvalue weighted by Gasteiger charge is -1.82. The Bertz CT molecular complexity index is 74.1. The van der Waals surface area contributed by atoms with Crippen LogP contribution < -0.4 is 0 Å². The fourth-order valence-corrected chi connectivity index (χ4v) is 0.942. The van der Waals surface area contributed by atoms with Crippen LogP contribution in [0.25, 0.3) is 0 Å². The summed E-state index contributed by atoms with van der Waals surface area (Å²) in [6.45, 7) is 5.98. The zero-order chi connectivity index (χ0) is 5.28. The predicted octanol–water partition coefficient (Wildman–Crippen LogP) is 2.22. The highest BCUT2D eigenvalue weighted by molar-refractivity contribution is 4.87. The van der Waals surface area contributed by atoms with E-state index in [9.17, 15) is 0 Å². The molecule has 0 radical (unpaired) electrons. The highest BCUT2D eigenvalue weighted by Crippen LogP contribution is 2.40. The first-order valence-electron chi connectivity index (χ1n) is 2.95. The van der Waals surface area contributed by atoms with Gasteiger partial charge in [0.25, 0.3) is 0 Å². The molecule has 0 N–H and O–H groups in total. The summed E-state index contributed by atoms with van der Waals surface area (Å²) in [6, 6.07) is 0. The molecule has 0 nitrogen and oxygen atoms in total. The molecule has 0 amide bonds. The van der Waals surface area contributed by atoms with Crippen molar-refractivity contribution in [1.82, 2.24) is 0 Å². The summed E-state index contributed by atoms with van der Waals surface area (Å²) < 4.78 is 0. The maximum Gasteiger partial charge on any atom is -0.0322 e. The average molecular weight is 96.2 g/mol. The van der Waals surface area contributed by atoms with E-state index in [1.165, 1.54) is 12.8 Å². The fourth-order valence-electron chi connectivity index (χ4n) is 0.942. The molecule has 1 fully saturated rings. The van der Waals surface area contributed by atoms with Gasteiger partial charge in [-0.15, -0.1) is 6.58 Å². The molecule has 0 heterocycles. The van der Waals surface area contributed by atoms with E-state index in [0.29, 0.717) is 0 Å². The number of rotatable bonds is 2. The summed E-state index contributed by atoms with van der Waals surface area (Å²) in [6.07, 6.45) is 4.70. The third-order valence-corrected chi connectivity index (χ3v) is 1.75. The third-order valence-electron chi connectivity index (χ3n) is 1.75. The van der Waals surface area contributed by atoms with Crippen LogP contribution in [0.2, 0.25) is 0 Å². The maximum atomic E-state index is 3.68. The highest BCUT2D eigenvalue weighted by atomic mass is 14.4. The van der Waals surface area contributed by atoms with Crippen LogP contribution in [0.3, 0.4) is 0 Å². The van der Waals surface area contributed by atoms with Gasteiger partial charge < -0.3 is 0 Å². The summed E-state index contributed by atoms with van der Waals surface area (Å²) in [7, 11) is 0. The molecule has 1 saturated carbocycles. The van der Waals surface area contributed by atoms with Crippen molar-refractivity contribution in [2.75, 3.05) is 0 Å². The molecular formula is C7H12. The zero-order valence-electron chi connectivity index (χ0n) is 4.85. The van der Waals surface area contributed by atoms with Crippen molar-refractivity contribution in [2.45, 2.75) is 19.8 Å². The number of hydrogen-bond donors (Lipinski definition) is 0. The van der Waals surface area contributed by atoms with Crippen molar-refractivity contribution in [3.05, 3.63) is 12.7 Å². The second kappa shape index (κ2) is 1.69. The van der Waals surface area contributed by atoms with Crippen LogP contribution in [-0.2, 0) is 0 Å². The van der Waals surface area contributed by atoms with Crippen LogP contribution in [0, 0.1) is 11.8 Å². The largest absolute Gasteiger partial charge is 0.103 e. The van der Waals surface area contributed by atoms with E-state index >= 15 is 0 Å². The standard InChI is InChI=1S/C7H12/c1-3-4-7-5-6(7)2/h3,6-7H,1,4-5H2,2H3/t6?,7-/m0/s1. The molecule has 1 unspecified atom stereocenters. The van der Waals surface area contributed by atoms with Crippen molar-refractivity contribution in [3.63, 3.8) is 0 Å². The van der Waals surface area contributed by atoms with E-state index in [1.807, 2.05) is 6.08 Å². The minimum absolute atomic E-state index is 0.998. The molecule has 0 spiro atoms. The normalized spacial score (nSPS) is 37.9.